The summed E-state index contributed by atoms with van der Waals surface area (Å²) in [7, 11) is 0. The normalized spacial score (nSPS) is 27.5. The molecule has 1 rings (SSSR count). The van der Waals surface area contributed by atoms with Crippen molar-refractivity contribution >= 4 is 24.1 Å². The van der Waals surface area contributed by atoms with Crippen LogP contribution in [0.15, 0.2) is 0 Å². The van der Waals surface area contributed by atoms with Crippen LogP contribution in [0, 0.1) is 5.41 Å². The number of nitrogens with zero attached hydrogens (tertiary/aromatic N) is 1. The van der Waals surface area contributed by atoms with Crippen LogP contribution in [0.1, 0.15) is 33.6 Å². The van der Waals surface area contributed by atoms with Crippen LogP contribution >= 0.6 is 11.8 Å². The van der Waals surface area contributed by atoms with Crippen molar-refractivity contribution in [1.29, 1.82) is 0 Å². The zero-order valence-corrected chi connectivity index (χ0v) is 11.5. The molecule has 0 aromatic carbocycles. The molecule has 4 nitrogen and oxygen atoms in total. The topological polar surface area (TPSA) is 57.6 Å². The van der Waals surface area contributed by atoms with Crippen LogP contribution in [0.4, 0.5) is 0 Å². The predicted molar refractivity (Wildman–Crippen MR) is 69.2 cm³/mol. The average Bonchev–Trinajstić information content (AvgIpc) is 2.24. The number of rotatable bonds is 5. The minimum atomic E-state index is -1.02. The number of hydrogen-bond acceptors (Lipinski definition) is 3. The third kappa shape index (κ3) is 2.94. The summed E-state index contributed by atoms with van der Waals surface area (Å²) in [6.45, 7) is 6.58. The van der Waals surface area contributed by atoms with Crippen LogP contribution in [0.3, 0.4) is 0 Å². The monoisotopic (exact) mass is 259 g/mol. The largest absolute Gasteiger partial charge is 0.479 e. The standard InChI is InChI=1S/C12H21NO3S/c1-4-5-13(9-14)12(10(15)16)6-11(2,3)7-17-8-12/h9H,4-8H2,1-3H3,(H,15,16). The molecule has 5 heteroatoms. The fraction of sp³-hybridized carbons (Fsp3) is 0.833. The summed E-state index contributed by atoms with van der Waals surface area (Å²) in [4.78, 5) is 24.3. The summed E-state index contributed by atoms with van der Waals surface area (Å²) in [6.07, 6.45) is 2.00. The number of carboxylic acids is 1. The van der Waals surface area contributed by atoms with Crippen molar-refractivity contribution in [1.82, 2.24) is 4.90 Å². The summed E-state index contributed by atoms with van der Waals surface area (Å²) in [5.41, 5.74) is -1.07. The summed E-state index contributed by atoms with van der Waals surface area (Å²) in [5, 5.41) is 9.54. The lowest BCUT2D eigenvalue weighted by Crippen LogP contribution is -2.60. The molecular weight excluding hydrogens is 238 g/mol. The molecule has 1 heterocycles. The number of amides is 1. The zero-order chi connectivity index (χ0) is 13.1. The van der Waals surface area contributed by atoms with Gasteiger partial charge in [-0.2, -0.15) is 11.8 Å². The maximum Gasteiger partial charge on any atom is 0.330 e. The van der Waals surface area contributed by atoms with E-state index >= 15 is 0 Å². The van der Waals surface area contributed by atoms with Crippen molar-refractivity contribution in [3.05, 3.63) is 0 Å². The fourth-order valence-corrected chi connectivity index (χ4v) is 3.93. The van der Waals surface area contributed by atoms with E-state index in [4.69, 9.17) is 0 Å². The molecule has 0 spiro atoms. The van der Waals surface area contributed by atoms with Gasteiger partial charge in [-0.3, -0.25) is 4.79 Å². The van der Waals surface area contributed by atoms with Gasteiger partial charge in [0, 0.05) is 12.3 Å². The molecule has 1 aliphatic heterocycles. The average molecular weight is 259 g/mol. The van der Waals surface area contributed by atoms with E-state index in [1.807, 2.05) is 6.92 Å². The first kappa shape index (κ1) is 14.4. The van der Waals surface area contributed by atoms with Crippen LogP contribution in [0.25, 0.3) is 0 Å². The Labute approximate surface area is 107 Å². The second-order valence-electron chi connectivity index (χ2n) is 5.47. The number of carbonyl (C=O) groups excluding carboxylic acids is 1. The predicted octanol–water partition coefficient (Wildman–Crippen LogP) is 1.84. The van der Waals surface area contributed by atoms with E-state index in [1.165, 1.54) is 4.90 Å². The maximum atomic E-state index is 11.6. The third-order valence-corrected chi connectivity index (χ3v) is 4.81. The number of carboxylic acid groups (broad SMARTS) is 1. The Morgan fingerprint density at radius 2 is 2.12 bits per heavy atom. The molecule has 0 aromatic heterocycles. The van der Waals surface area contributed by atoms with E-state index in [1.54, 1.807) is 11.8 Å². The molecule has 0 aliphatic carbocycles. The maximum absolute atomic E-state index is 11.6. The molecule has 0 aromatic rings. The summed E-state index contributed by atoms with van der Waals surface area (Å²) >= 11 is 1.63. The molecule has 1 unspecified atom stereocenters. The Hall–Kier alpha value is -0.710. The quantitative estimate of drug-likeness (QED) is 0.765. The smallest absolute Gasteiger partial charge is 0.330 e. The van der Waals surface area contributed by atoms with Gasteiger partial charge in [-0.15, -0.1) is 0 Å². The van der Waals surface area contributed by atoms with Crippen molar-refractivity contribution in [2.24, 2.45) is 5.41 Å². The Morgan fingerprint density at radius 1 is 1.47 bits per heavy atom. The van der Waals surface area contributed by atoms with Gasteiger partial charge in [0.2, 0.25) is 6.41 Å². The number of carbonyl (C=O) groups is 2. The van der Waals surface area contributed by atoms with Gasteiger partial charge in [0.25, 0.3) is 0 Å². The Bertz CT molecular complexity index is 306. The molecule has 17 heavy (non-hydrogen) atoms. The fourth-order valence-electron chi connectivity index (χ4n) is 2.44. The van der Waals surface area contributed by atoms with E-state index in [2.05, 4.69) is 13.8 Å². The molecule has 1 atom stereocenters. The van der Waals surface area contributed by atoms with Crippen LogP contribution in [0.2, 0.25) is 0 Å². The van der Waals surface area contributed by atoms with Gasteiger partial charge in [0.1, 0.15) is 5.54 Å². The zero-order valence-electron chi connectivity index (χ0n) is 10.7. The van der Waals surface area contributed by atoms with Gasteiger partial charge in [0.05, 0.1) is 0 Å². The highest BCUT2D eigenvalue weighted by molar-refractivity contribution is 7.99. The van der Waals surface area contributed by atoms with Gasteiger partial charge >= 0.3 is 5.97 Å². The molecule has 1 aliphatic rings. The van der Waals surface area contributed by atoms with Crippen molar-refractivity contribution < 1.29 is 14.7 Å². The van der Waals surface area contributed by atoms with Crippen molar-refractivity contribution in [3.63, 3.8) is 0 Å². The second-order valence-corrected chi connectivity index (χ2v) is 6.45. The van der Waals surface area contributed by atoms with E-state index in [-0.39, 0.29) is 5.41 Å². The first-order valence-electron chi connectivity index (χ1n) is 5.91. The van der Waals surface area contributed by atoms with E-state index in [9.17, 15) is 14.7 Å². The molecular formula is C12H21NO3S. The molecule has 1 saturated heterocycles. The molecule has 0 saturated carbocycles. The van der Waals surface area contributed by atoms with Gasteiger partial charge in [0.15, 0.2) is 0 Å². The highest BCUT2D eigenvalue weighted by Crippen LogP contribution is 2.42. The van der Waals surface area contributed by atoms with E-state index in [0.717, 1.165) is 12.2 Å². The minimum Gasteiger partial charge on any atom is -0.479 e. The van der Waals surface area contributed by atoms with Gasteiger partial charge in [-0.25, -0.2) is 4.79 Å². The lowest BCUT2D eigenvalue weighted by atomic mass is 9.79. The molecule has 98 valence electrons. The second kappa shape index (κ2) is 5.29. The lowest BCUT2D eigenvalue weighted by Gasteiger charge is -2.46. The molecule has 1 fully saturated rings. The van der Waals surface area contributed by atoms with E-state index < -0.39 is 11.5 Å². The Balaban J connectivity index is 3.03. The van der Waals surface area contributed by atoms with Crippen molar-refractivity contribution in [3.8, 4) is 0 Å². The van der Waals surface area contributed by atoms with Gasteiger partial charge < -0.3 is 10.0 Å². The highest BCUT2D eigenvalue weighted by atomic mass is 32.2. The number of hydrogen-bond donors (Lipinski definition) is 1. The first-order chi connectivity index (χ1) is 7.88. The van der Waals surface area contributed by atoms with Crippen molar-refractivity contribution in [2.75, 3.05) is 18.1 Å². The summed E-state index contributed by atoms with van der Waals surface area (Å²) in [6, 6.07) is 0. The van der Waals surface area contributed by atoms with Crippen LogP contribution in [-0.2, 0) is 9.59 Å². The Kier molecular flexibility index (Phi) is 4.47. The highest BCUT2D eigenvalue weighted by Gasteiger charge is 2.50. The minimum absolute atomic E-state index is 0.0453. The van der Waals surface area contributed by atoms with Crippen LogP contribution in [-0.4, -0.2) is 46.0 Å². The number of thioether (sulfide) groups is 1. The van der Waals surface area contributed by atoms with Gasteiger partial charge in [-0.1, -0.05) is 20.8 Å². The summed E-state index contributed by atoms with van der Waals surface area (Å²) < 4.78 is 0. The van der Waals surface area contributed by atoms with Gasteiger partial charge in [-0.05, 0) is 24.0 Å². The third-order valence-electron chi connectivity index (χ3n) is 3.14. The first-order valence-corrected chi connectivity index (χ1v) is 7.06. The molecule has 1 N–H and O–H groups in total. The van der Waals surface area contributed by atoms with Crippen LogP contribution < -0.4 is 0 Å². The molecule has 1 amide bonds. The number of aliphatic carboxylic acids is 1. The Morgan fingerprint density at radius 3 is 2.53 bits per heavy atom. The van der Waals surface area contributed by atoms with E-state index in [0.29, 0.717) is 25.1 Å². The molecule has 0 radical (unpaired) electrons. The summed E-state index contributed by atoms with van der Waals surface area (Å²) in [5.74, 6) is 0.559. The molecule has 0 bridgehead atoms. The SMILES string of the molecule is CCCN(C=O)C1(C(=O)O)CSCC(C)(C)C1. The van der Waals surface area contributed by atoms with Crippen LogP contribution in [0.5, 0.6) is 0 Å². The van der Waals surface area contributed by atoms with Crippen molar-refractivity contribution in [2.45, 2.75) is 39.2 Å². The lowest BCUT2D eigenvalue weighted by molar-refractivity contribution is -0.156.